The Kier molecular flexibility index (Phi) is 13.3. The van der Waals surface area contributed by atoms with E-state index in [-0.39, 0.29) is 36.7 Å². The monoisotopic (exact) mass is 600 g/mol. The highest BCUT2D eigenvalue weighted by Gasteiger charge is 2.15. The van der Waals surface area contributed by atoms with Crippen molar-refractivity contribution in [2.75, 3.05) is 18.4 Å². The number of halogens is 1. The zero-order valence-electron chi connectivity index (χ0n) is 25.5. The minimum atomic E-state index is -0.344. The van der Waals surface area contributed by atoms with Crippen LogP contribution in [0.1, 0.15) is 69.5 Å². The summed E-state index contributed by atoms with van der Waals surface area (Å²) in [6.45, 7) is 6.74. The number of carbonyl (C=O) groups excluding carboxylic acids is 2. The second-order valence-corrected chi connectivity index (χ2v) is 10.7. The number of carbonyl (C=O) groups is 3. The summed E-state index contributed by atoms with van der Waals surface area (Å²) in [4.78, 5) is 37.2. The molecule has 4 rings (SSSR count). The van der Waals surface area contributed by atoms with Crippen molar-refractivity contribution in [1.29, 1.82) is 0 Å². The van der Waals surface area contributed by atoms with Gasteiger partial charge in [-0.2, -0.15) is 0 Å². The van der Waals surface area contributed by atoms with Crippen LogP contribution >= 0.6 is 0 Å². The normalized spacial score (nSPS) is 11.3. The number of carboxylic acid groups (broad SMARTS) is 1. The Balaban J connectivity index is 0.00000169. The van der Waals surface area contributed by atoms with Gasteiger partial charge in [-0.1, -0.05) is 81.4 Å². The summed E-state index contributed by atoms with van der Waals surface area (Å²) in [5, 5.41) is 18.2. The molecule has 8 nitrogen and oxygen atoms in total. The van der Waals surface area contributed by atoms with Crippen LogP contribution in [0.2, 0.25) is 0 Å². The maximum Gasteiger partial charge on any atom is 0.290 e. The minimum Gasteiger partial charge on any atom is -0.483 e. The fourth-order valence-corrected chi connectivity index (χ4v) is 5.03. The van der Waals surface area contributed by atoms with E-state index in [1.54, 1.807) is 0 Å². The van der Waals surface area contributed by atoms with Gasteiger partial charge in [0.1, 0.15) is 11.6 Å². The summed E-state index contributed by atoms with van der Waals surface area (Å²) in [6, 6.07) is 23.8. The summed E-state index contributed by atoms with van der Waals surface area (Å²) in [5.74, 6) is 0.187. The van der Waals surface area contributed by atoms with E-state index in [4.69, 9.17) is 9.90 Å². The van der Waals surface area contributed by atoms with Crippen molar-refractivity contribution in [3.05, 3.63) is 95.9 Å². The lowest BCUT2D eigenvalue weighted by molar-refractivity contribution is -0.126. The summed E-state index contributed by atoms with van der Waals surface area (Å²) in [6.07, 6.45) is 3.83. The third-order valence-electron chi connectivity index (χ3n) is 7.25. The van der Waals surface area contributed by atoms with Crippen LogP contribution in [-0.4, -0.2) is 41.5 Å². The van der Waals surface area contributed by atoms with Crippen LogP contribution in [0.15, 0.2) is 79.0 Å². The lowest BCUT2D eigenvalue weighted by Crippen LogP contribution is -2.38. The van der Waals surface area contributed by atoms with Gasteiger partial charge in [0.25, 0.3) is 6.47 Å². The summed E-state index contributed by atoms with van der Waals surface area (Å²) in [7, 11) is 0. The molecular weight excluding hydrogens is 559 g/mol. The standard InChI is InChI=1S/C34H39FN4O2.CH2O2/c1-4-31(39-34(41)22-38-33(40)11-7-8-19-36-32-21-26(35)18-20-37-32)25-14-12-24(13-15-25)28-17-16-27(23(2)3)29-9-5-6-10-30(28)29;2-1-3/h5-6,9-10,12-18,20-21,23,31H,4,7-8,11,19,22H2,1-3H3,(H,36,37)(H,38,40)(H,39,41);1H,(H,2,3). The molecule has 1 unspecified atom stereocenters. The molecule has 0 aliphatic carbocycles. The third-order valence-corrected chi connectivity index (χ3v) is 7.25. The molecule has 232 valence electrons. The highest BCUT2D eigenvalue weighted by atomic mass is 19.1. The quantitative estimate of drug-likeness (QED) is 0.0986. The van der Waals surface area contributed by atoms with Gasteiger partial charge in [-0.15, -0.1) is 0 Å². The van der Waals surface area contributed by atoms with E-state index < -0.39 is 0 Å². The number of aromatic nitrogens is 1. The molecule has 0 bridgehead atoms. The second-order valence-electron chi connectivity index (χ2n) is 10.7. The molecular formula is C35H41FN4O4. The lowest BCUT2D eigenvalue weighted by Gasteiger charge is -2.19. The average molecular weight is 601 g/mol. The van der Waals surface area contributed by atoms with Crippen molar-refractivity contribution in [2.24, 2.45) is 0 Å². The van der Waals surface area contributed by atoms with Gasteiger partial charge in [0, 0.05) is 25.2 Å². The van der Waals surface area contributed by atoms with Crippen molar-refractivity contribution in [3.8, 4) is 11.1 Å². The van der Waals surface area contributed by atoms with Gasteiger partial charge in [-0.05, 0) is 64.3 Å². The summed E-state index contributed by atoms with van der Waals surface area (Å²) in [5.41, 5.74) is 4.70. The van der Waals surface area contributed by atoms with Crippen molar-refractivity contribution >= 4 is 34.9 Å². The zero-order valence-corrected chi connectivity index (χ0v) is 25.5. The molecule has 2 amide bonds. The first-order valence-electron chi connectivity index (χ1n) is 14.9. The minimum absolute atomic E-state index is 0.0624. The van der Waals surface area contributed by atoms with E-state index in [0.29, 0.717) is 31.1 Å². The van der Waals surface area contributed by atoms with Crippen molar-refractivity contribution in [1.82, 2.24) is 15.6 Å². The molecule has 4 aromatic rings. The van der Waals surface area contributed by atoms with E-state index >= 15 is 0 Å². The van der Waals surface area contributed by atoms with E-state index in [0.717, 1.165) is 24.0 Å². The molecule has 9 heteroatoms. The Morgan fingerprint density at radius 1 is 0.955 bits per heavy atom. The van der Waals surface area contributed by atoms with Crippen LogP contribution in [0, 0.1) is 5.82 Å². The number of unbranched alkanes of at least 4 members (excludes halogenated alkanes) is 1. The van der Waals surface area contributed by atoms with Crippen LogP contribution in [0.4, 0.5) is 10.2 Å². The molecule has 0 saturated heterocycles. The number of hydrogen-bond donors (Lipinski definition) is 4. The maximum absolute atomic E-state index is 13.2. The van der Waals surface area contributed by atoms with Crippen LogP contribution in [-0.2, 0) is 14.4 Å². The summed E-state index contributed by atoms with van der Waals surface area (Å²) >= 11 is 0. The molecule has 0 saturated carbocycles. The van der Waals surface area contributed by atoms with Crippen molar-refractivity contribution < 1.29 is 23.9 Å². The Morgan fingerprint density at radius 2 is 1.66 bits per heavy atom. The van der Waals surface area contributed by atoms with Gasteiger partial charge in [0.2, 0.25) is 11.8 Å². The van der Waals surface area contributed by atoms with Crippen molar-refractivity contribution in [3.63, 3.8) is 0 Å². The maximum atomic E-state index is 13.2. The number of fused-ring (bicyclic) bond motifs is 1. The van der Waals surface area contributed by atoms with Gasteiger partial charge in [0.05, 0.1) is 12.6 Å². The number of nitrogens with one attached hydrogen (secondary N) is 3. The molecule has 4 N–H and O–H groups in total. The number of hydrogen-bond acceptors (Lipinski definition) is 5. The SMILES string of the molecule is CCC(NC(=O)CNC(=O)CCCCNc1cc(F)ccn1)c1ccc(-c2ccc(C(C)C)c3ccccc23)cc1.O=CO. The van der Waals surface area contributed by atoms with E-state index in [2.05, 4.69) is 95.4 Å². The number of anilines is 1. The Hall–Kier alpha value is -4.79. The Labute approximate surface area is 258 Å². The Morgan fingerprint density at radius 3 is 2.32 bits per heavy atom. The lowest BCUT2D eigenvalue weighted by atomic mass is 9.90. The fraction of sp³-hybridized carbons (Fsp3) is 0.314. The largest absolute Gasteiger partial charge is 0.483 e. The molecule has 3 aromatic carbocycles. The van der Waals surface area contributed by atoms with Gasteiger partial charge < -0.3 is 21.1 Å². The highest BCUT2D eigenvalue weighted by Crippen LogP contribution is 2.34. The highest BCUT2D eigenvalue weighted by molar-refractivity contribution is 5.98. The van der Waals surface area contributed by atoms with Gasteiger partial charge in [0.15, 0.2) is 0 Å². The molecule has 0 fully saturated rings. The smallest absolute Gasteiger partial charge is 0.290 e. The number of rotatable bonds is 13. The number of pyridine rings is 1. The molecule has 0 radical (unpaired) electrons. The first kappa shape index (κ1) is 33.7. The Bertz CT molecular complexity index is 1530. The van der Waals surface area contributed by atoms with Gasteiger partial charge >= 0.3 is 0 Å². The fourth-order valence-electron chi connectivity index (χ4n) is 5.03. The number of amides is 2. The summed E-state index contributed by atoms with van der Waals surface area (Å²) < 4.78 is 13.2. The van der Waals surface area contributed by atoms with Crippen LogP contribution in [0.25, 0.3) is 21.9 Å². The topological polar surface area (TPSA) is 120 Å². The van der Waals surface area contributed by atoms with Crippen LogP contribution < -0.4 is 16.0 Å². The predicted molar refractivity (Wildman–Crippen MR) is 173 cm³/mol. The molecule has 1 heterocycles. The molecule has 44 heavy (non-hydrogen) atoms. The number of nitrogens with zero attached hydrogens (tertiary/aromatic N) is 1. The average Bonchev–Trinajstić information content (AvgIpc) is 3.02. The molecule has 1 atom stereocenters. The number of benzene rings is 3. The van der Waals surface area contributed by atoms with Crippen LogP contribution in [0.3, 0.4) is 0 Å². The van der Waals surface area contributed by atoms with E-state index in [9.17, 15) is 14.0 Å². The first-order valence-corrected chi connectivity index (χ1v) is 14.9. The van der Waals surface area contributed by atoms with E-state index in [1.165, 1.54) is 40.2 Å². The van der Waals surface area contributed by atoms with E-state index in [1.807, 2.05) is 6.92 Å². The van der Waals surface area contributed by atoms with Crippen LogP contribution in [0.5, 0.6) is 0 Å². The predicted octanol–water partition coefficient (Wildman–Crippen LogP) is 6.83. The molecule has 1 aromatic heterocycles. The van der Waals surface area contributed by atoms with Gasteiger partial charge in [-0.25, -0.2) is 9.37 Å². The zero-order chi connectivity index (χ0) is 31.9. The first-order chi connectivity index (χ1) is 21.3. The third kappa shape index (κ3) is 9.90. The molecule has 0 spiro atoms. The molecule has 0 aliphatic heterocycles. The second kappa shape index (κ2) is 17.4. The molecule has 0 aliphatic rings. The van der Waals surface area contributed by atoms with Gasteiger partial charge in [-0.3, -0.25) is 14.4 Å². The van der Waals surface area contributed by atoms with Crippen molar-refractivity contribution in [2.45, 2.75) is 58.4 Å².